The van der Waals surface area contributed by atoms with Crippen LogP contribution < -0.4 is 5.32 Å². The zero-order chi connectivity index (χ0) is 13.2. The van der Waals surface area contributed by atoms with Crippen LogP contribution in [-0.4, -0.2) is 5.91 Å². The van der Waals surface area contributed by atoms with Gasteiger partial charge in [0.25, 0.3) is 5.91 Å². The molecule has 3 nitrogen and oxygen atoms in total. The van der Waals surface area contributed by atoms with Crippen molar-refractivity contribution in [2.24, 2.45) is 0 Å². The molecule has 0 spiro atoms. The Morgan fingerprint density at radius 1 is 1.05 bits per heavy atom. The van der Waals surface area contributed by atoms with Gasteiger partial charge in [0.1, 0.15) is 5.58 Å². The Morgan fingerprint density at radius 2 is 1.79 bits per heavy atom. The summed E-state index contributed by atoms with van der Waals surface area (Å²) in [6.45, 7) is 0. The fourth-order valence-corrected chi connectivity index (χ4v) is 1.95. The predicted octanol–water partition coefficient (Wildman–Crippen LogP) is 4.34. The van der Waals surface area contributed by atoms with Crippen molar-refractivity contribution in [1.82, 2.24) is 0 Å². The SMILES string of the molecule is O=C(Nc1ccc(Cl)cc1)c1cc2ccccc2o1. The summed E-state index contributed by atoms with van der Waals surface area (Å²) in [6.07, 6.45) is 0. The summed E-state index contributed by atoms with van der Waals surface area (Å²) >= 11 is 5.79. The molecule has 3 rings (SSSR count). The number of nitrogens with one attached hydrogen (secondary N) is 1. The topological polar surface area (TPSA) is 42.2 Å². The second kappa shape index (κ2) is 4.78. The highest BCUT2D eigenvalue weighted by Crippen LogP contribution is 2.20. The molecule has 0 aliphatic carbocycles. The minimum Gasteiger partial charge on any atom is -0.451 e. The average molecular weight is 272 g/mol. The van der Waals surface area contributed by atoms with Gasteiger partial charge >= 0.3 is 0 Å². The maximum Gasteiger partial charge on any atom is 0.291 e. The van der Waals surface area contributed by atoms with Crippen LogP contribution in [0.25, 0.3) is 11.0 Å². The van der Waals surface area contributed by atoms with Crippen LogP contribution >= 0.6 is 11.6 Å². The van der Waals surface area contributed by atoms with E-state index in [1.54, 1.807) is 30.3 Å². The van der Waals surface area contributed by atoms with E-state index in [0.717, 1.165) is 5.39 Å². The number of hydrogen-bond acceptors (Lipinski definition) is 2. The Kier molecular flexibility index (Phi) is 2.97. The first-order chi connectivity index (χ1) is 9.22. The smallest absolute Gasteiger partial charge is 0.291 e. The lowest BCUT2D eigenvalue weighted by atomic mass is 10.2. The van der Waals surface area contributed by atoms with Gasteiger partial charge in [-0.15, -0.1) is 0 Å². The molecule has 3 aromatic rings. The van der Waals surface area contributed by atoms with Crippen molar-refractivity contribution in [3.63, 3.8) is 0 Å². The van der Waals surface area contributed by atoms with Gasteiger partial charge in [0.2, 0.25) is 0 Å². The van der Waals surface area contributed by atoms with Crippen LogP contribution in [0.4, 0.5) is 5.69 Å². The third kappa shape index (κ3) is 2.46. The van der Waals surface area contributed by atoms with Crippen molar-refractivity contribution in [3.8, 4) is 0 Å². The lowest BCUT2D eigenvalue weighted by molar-refractivity contribution is 0.0998. The molecule has 0 aliphatic rings. The van der Waals surface area contributed by atoms with Crippen molar-refractivity contribution >= 4 is 34.2 Å². The molecule has 0 atom stereocenters. The quantitative estimate of drug-likeness (QED) is 0.753. The maximum atomic E-state index is 12.0. The van der Waals surface area contributed by atoms with Crippen LogP contribution in [0.2, 0.25) is 5.02 Å². The molecule has 1 heterocycles. The van der Waals surface area contributed by atoms with Crippen molar-refractivity contribution in [3.05, 3.63) is 65.4 Å². The summed E-state index contributed by atoms with van der Waals surface area (Å²) in [5.74, 6) is 0.00896. The van der Waals surface area contributed by atoms with Crippen LogP contribution in [0, 0.1) is 0 Å². The summed E-state index contributed by atoms with van der Waals surface area (Å²) in [5.41, 5.74) is 1.37. The predicted molar refractivity (Wildman–Crippen MR) is 75.6 cm³/mol. The number of fused-ring (bicyclic) bond motifs is 1. The third-order valence-electron chi connectivity index (χ3n) is 2.75. The first kappa shape index (κ1) is 11.8. The molecule has 4 heteroatoms. The molecule has 0 saturated heterocycles. The highest BCUT2D eigenvalue weighted by atomic mass is 35.5. The molecule has 1 aromatic heterocycles. The molecule has 2 aromatic carbocycles. The molecule has 0 bridgehead atoms. The van der Waals surface area contributed by atoms with E-state index < -0.39 is 0 Å². The largest absolute Gasteiger partial charge is 0.451 e. The molecule has 19 heavy (non-hydrogen) atoms. The maximum absolute atomic E-state index is 12.0. The minimum absolute atomic E-state index is 0.279. The molecule has 94 valence electrons. The van der Waals surface area contributed by atoms with E-state index in [1.807, 2.05) is 24.3 Å². The van der Waals surface area contributed by atoms with Gasteiger partial charge in [-0.05, 0) is 36.4 Å². The molecule has 0 saturated carbocycles. The molecule has 0 aliphatic heterocycles. The number of carbonyl (C=O) groups excluding carboxylic acids is 1. The Balaban J connectivity index is 1.85. The number of hydrogen-bond donors (Lipinski definition) is 1. The van der Waals surface area contributed by atoms with Crippen LogP contribution in [0.5, 0.6) is 0 Å². The number of carbonyl (C=O) groups is 1. The van der Waals surface area contributed by atoms with Crippen LogP contribution in [0.15, 0.2) is 59.0 Å². The molecule has 1 N–H and O–H groups in total. The normalized spacial score (nSPS) is 10.6. The summed E-state index contributed by atoms with van der Waals surface area (Å²) < 4.78 is 5.49. The standard InChI is InChI=1S/C15H10ClNO2/c16-11-5-7-12(8-6-11)17-15(18)14-9-10-3-1-2-4-13(10)19-14/h1-9H,(H,17,18). The average Bonchev–Trinajstić information content (AvgIpc) is 2.85. The minimum atomic E-state index is -0.279. The second-order valence-corrected chi connectivity index (χ2v) is 4.55. The zero-order valence-corrected chi connectivity index (χ0v) is 10.6. The summed E-state index contributed by atoms with van der Waals surface area (Å²) in [4.78, 5) is 12.0. The summed E-state index contributed by atoms with van der Waals surface area (Å²) in [5, 5.41) is 4.29. The first-order valence-electron chi connectivity index (χ1n) is 5.78. The van der Waals surface area contributed by atoms with Gasteiger partial charge in [-0.1, -0.05) is 29.8 Å². The van der Waals surface area contributed by atoms with E-state index >= 15 is 0 Å². The number of para-hydroxylation sites is 1. The molecule has 0 unspecified atom stereocenters. The number of amides is 1. The number of rotatable bonds is 2. The zero-order valence-electron chi connectivity index (χ0n) is 9.89. The molecule has 0 radical (unpaired) electrons. The Bertz CT molecular complexity index is 698. The van der Waals surface area contributed by atoms with E-state index in [0.29, 0.717) is 16.3 Å². The fraction of sp³-hybridized carbons (Fsp3) is 0. The van der Waals surface area contributed by atoms with Crippen molar-refractivity contribution < 1.29 is 9.21 Å². The van der Waals surface area contributed by atoms with Crippen LogP contribution in [0.3, 0.4) is 0 Å². The molecular formula is C15H10ClNO2. The first-order valence-corrected chi connectivity index (χ1v) is 6.16. The van der Waals surface area contributed by atoms with E-state index in [4.69, 9.17) is 16.0 Å². The van der Waals surface area contributed by atoms with Crippen LogP contribution in [-0.2, 0) is 0 Å². The monoisotopic (exact) mass is 271 g/mol. The van der Waals surface area contributed by atoms with Gasteiger partial charge in [0.05, 0.1) is 0 Å². The summed E-state index contributed by atoms with van der Waals surface area (Å²) in [6, 6.07) is 16.1. The Morgan fingerprint density at radius 3 is 2.53 bits per heavy atom. The highest BCUT2D eigenvalue weighted by Gasteiger charge is 2.11. The lowest BCUT2D eigenvalue weighted by Gasteiger charge is -2.02. The Hall–Kier alpha value is -2.26. The summed E-state index contributed by atoms with van der Waals surface area (Å²) in [7, 11) is 0. The second-order valence-electron chi connectivity index (χ2n) is 4.11. The van der Waals surface area contributed by atoms with Gasteiger partial charge in [-0.25, -0.2) is 0 Å². The van der Waals surface area contributed by atoms with E-state index in [2.05, 4.69) is 5.32 Å². The van der Waals surface area contributed by atoms with E-state index in [-0.39, 0.29) is 11.7 Å². The van der Waals surface area contributed by atoms with E-state index in [9.17, 15) is 4.79 Å². The number of halogens is 1. The van der Waals surface area contributed by atoms with Gasteiger partial charge in [0, 0.05) is 16.1 Å². The van der Waals surface area contributed by atoms with Gasteiger partial charge < -0.3 is 9.73 Å². The van der Waals surface area contributed by atoms with E-state index in [1.165, 1.54) is 0 Å². The number of benzene rings is 2. The molecular weight excluding hydrogens is 262 g/mol. The third-order valence-corrected chi connectivity index (χ3v) is 3.00. The fourth-order valence-electron chi connectivity index (χ4n) is 1.82. The van der Waals surface area contributed by atoms with Crippen LogP contribution in [0.1, 0.15) is 10.6 Å². The lowest BCUT2D eigenvalue weighted by Crippen LogP contribution is -2.10. The molecule has 1 amide bonds. The van der Waals surface area contributed by atoms with Crippen molar-refractivity contribution in [2.45, 2.75) is 0 Å². The Labute approximate surface area is 114 Å². The van der Waals surface area contributed by atoms with Crippen molar-refractivity contribution in [1.29, 1.82) is 0 Å². The highest BCUT2D eigenvalue weighted by molar-refractivity contribution is 6.30. The van der Waals surface area contributed by atoms with Crippen molar-refractivity contribution in [2.75, 3.05) is 5.32 Å². The number of anilines is 1. The van der Waals surface area contributed by atoms with Gasteiger partial charge in [0.15, 0.2) is 5.76 Å². The molecule has 0 fully saturated rings. The number of furan rings is 1. The van der Waals surface area contributed by atoms with Gasteiger partial charge in [-0.3, -0.25) is 4.79 Å². The van der Waals surface area contributed by atoms with Gasteiger partial charge in [-0.2, -0.15) is 0 Å².